The molecule has 0 aliphatic heterocycles. The zero-order valence-corrected chi connectivity index (χ0v) is 16.7. The molecule has 0 amide bonds. The molecule has 0 saturated carbocycles. The minimum atomic E-state index is -0.726. The Hall–Kier alpha value is -3.55. The van der Waals surface area contributed by atoms with Crippen LogP contribution in [0.2, 0.25) is 0 Å². The van der Waals surface area contributed by atoms with E-state index in [1.54, 1.807) is 20.8 Å². The van der Waals surface area contributed by atoms with Gasteiger partial charge in [-0.1, -0.05) is 30.3 Å². The monoisotopic (exact) mass is 399 g/mol. The molecule has 2 aromatic heterocycles. The molecule has 0 bridgehead atoms. The molecule has 29 heavy (non-hydrogen) atoms. The van der Waals surface area contributed by atoms with Crippen LogP contribution in [0.4, 0.5) is 9.59 Å². The highest BCUT2D eigenvalue weighted by Crippen LogP contribution is 2.25. The Labute approximate surface area is 169 Å². The predicted octanol–water partition coefficient (Wildman–Crippen LogP) is 4.31. The molecule has 0 saturated heterocycles. The van der Waals surface area contributed by atoms with E-state index in [9.17, 15) is 14.4 Å². The van der Waals surface area contributed by atoms with Gasteiger partial charge in [0.25, 0.3) is 0 Å². The third kappa shape index (κ3) is 4.31. The highest BCUT2D eigenvalue weighted by molar-refractivity contribution is 6.07. The molecular weight excluding hydrogens is 376 g/mol. The van der Waals surface area contributed by atoms with E-state index in [-0.39, 0.29) is 19.1 Å². The number of hydrogen-bond acceptors (Lipinski definition) is 6. The van der Waals surface area contributed by atoms with Crippen molar-refractivity contribution in [3.05, 3.63) is 59.9 Å². The maximum absolute atomic E-state index is 12.6. The summed E-state index contributed by atoms with van der Waals surface area (Å²) in [5, 5.41) is 0. The first-order valence-electron chi connectivity index (χ1n) is 8.96. The number of aromatic nitrogens is 2. The van der Waals surface area contributed by atoms with Crippen molar-refractivity contribution < 1.29 is 30.0 Å². The second-order valence-corrected chi connectivity index (χ2v) is 7.34. The van der Waals surface area contributed by atoms with Crippen molar-refractivity contribution in [3.8, 4) is 0 Å². The minimum absolute atomic E-state index is 0. The lowest BCUT2D eigenvalue weighted by Crippen LogP contribution is -2.27. The lowest BCUT2D eigenvalue weighted by Gasteiger charge is -2.19. The van der Waals surface area contributed by atoms with Gasteiger partial charge in [-0.2, -0.15) is 0 Å². The maximum Gasteiger partial charge on any atom is 1.00 e. The van der Waals surface area contributed by atoms with Crippen LogP contribution in [0.3, 0.4) is 0 Å². The number of benzene rings is 1. The van der Waals surface area contributed by atoms with Gasteiger partial charge < -0.3 is 14.2 Å². The van der Waals surface area contributed by atoms with Gasteiger partial charge in [-0.3, -0.25) is 9.13 Å². The van der Waals surface area contributed by atoms with E-state index in [1.807, 2.05) is 30.3 Å². The average Bonchev–Trinajstić information content (AvgIpc) is 3.25. The number of carbonyl (C=O) groups is 3. The van der Waals surface area contributed by atoms with Gasteiger partial charge in [0, 0.05) is 12.4 Å². The number of esters is 1. The van der Waals surface area contributed by atoms with Crippen LogP contribution in [0.25, 0.3) is 11.0 Å². The summed E-state index contributed by atoms with van der Waals surface area (Å²) in [6, 6.07) is 10.7. The molecule has 0 aliphatic carbocycles. The maximum atomic E-state index is 12.6. The first-order chi connectivity index (χ1) is 13.7. The summed E-state index contributed by atoms with van der Waals surface area (Å²) in [5.41, 5.74) is 0.687. The highest BCUT2D eigenvalue weighted by Gasteiger charge is 2.27. The van der Waals surface area contributed by atoms with E-state index in [4.69, 9.17) is 14.2 Å². The summed E-state index contributed by atoms with van der Waals surface area (Å²) < 4.78 is 17.9. The Balaban J connectivity index is 0.00000320. The average molecular weight is 399 g/mol. The normalized spacial score (nSPS) is 11.3. The van der Waals surface area contributed by atoms with E-state index in [1.165, 1.54) is 34.7 Å². The Morgan fingerprint density at radius 1 is 1.00 bits per heavy atom. The topological polar surface area (TPSA) is 88.8 Å². The standard InChI is InChI=1S/C21H22N2O6/c1-21(2,3)29-20(26)22-11-10-16-17(22)15(18(24)27-4)12-23(16)19(25)28-13-14-8-6-5-7-9-14/h5-12H,13H2,1-4H3/p+1. The zero-order chi connectivity index (χ0) is 21.2. The van der Waals surface area contributed by atoms with Crippen molar-refractivity contribution >= 4 is 29.2 Å². The molecule has 0 radical (unpaired) electrons. The molecule has 0 atom stereocenters. The minimum Gasteiger partial charge on any atom is -0.465 e. The van der Waals surface area contributed by atoms with Crippen molar-refractivity contribution in [2.75, 3.05) is 7.11 Å². The third-order valence-corrected chi connectivity index (χ3v) is 4.04. The van der Waals surface area contributed by atoms with E-state index < -0.39 is 23.8 Å². The Morgan fingerprint density at radius 3 is 2.31 bits per heavy atom. The van der Waals surface area contributed by atoms with Crippen LogP contribution in [-0.4, -0.2) is 40.0 Å². The molecule has 0 aliphatic rings. The van der Waals surface area contributed by atoms with Crippen molar-refractivity contribution in [2.45, 2.75) is 33.0 Å². The zero-order valence-electron chi connectivity index (χ0n) is 17.7. The molecule has 8 nitrogen and oxygen atoms in total. The number of ether oxygens (including phenoxy) is 3. The molecule has 2 heterocycles. The Kier molecular flexibility index (Phi) is 5.45. The van der Waals surface area contributed by atoms with E-state index in [0.29, 0.717) is 5.52 Å². The fourth-order valence-electron chi connectivity index (χ4n) is 2.81. The first-order valence-corrected chi connectivity index (χ1v) is 8.96. The molecule has 0 fully saturated rings. The molecule has 152 valence electrons. The van der Waals surface area contributed by atoms with Gasteiger partial charge in [0.2, 0.25) is 0 Å². The van der Waals surface area contributed by atoms with Gasteiger partial charge in [-0.15, -0.1) is 0 Å². The number of carbonyl (C=O) groups excluding carboxylic acids is 3. The molecule has 3 aromatic rings. The molecule has 0 N–H and O–H groups in total. The number of fused-ring (bicyclic) bond motifs is 1. The van der Waals surface area contributed by atoms with Gasteiger partial charge in [0.05, 0.1) is 18.1 Å². The van der Waals surface area contributed by atoms with Crippen LogP contribution in [-0.2, 0) is 20.8 Å². The Bertz CT molecular complexity index is 1060. The van der Waals surface area contributed by atoms with Gasteiger partial charge in [0.15, 0.2) is 0 Å². The molecular formula is C21H23N2O6+. The van der Waals surface area contributed by atoms with E-state index in [0.717, 1.165) is 5.56 Å². The van der Waals surface area contributed by atoms with E-state index >= 15 is 0 Å². The van der Waals surface area contributed by atoms with Crippen LogP contribution in [0.15, 0.2) is 48.8 Å². The largest absolute Gasteiger partial charge is 1.00 e. The van der Waals surface area contributed by atoms with Crippen LogP contribution in [0.1, 0.15) is 38.1 Å². The van der Waals surface area contributed by atoms with Gasteiger partial charge in [-0.05, 0) is 32.4 Å². The third-order valence-electron chi connectivity index (χ3n) is 4.04. The second kappa shape index (κ2) is 7.83. The highest BCUT2D eigenvalue weighted by atomic mass is 16.6. The van der Waals surface area contributed by atoms with Crippen molar-refractivity contribution in [3.63, 3.8) is 0 Å². The van der Waals surface area contributed by atoms with Crippen molar-refractivity contribution in [1.82, 2.24) is 9.13 Å². The lowest BCUT2D eigenvalue weighted by atomic mass is 10.2. The quantitative estimate of drug-likeness (QED) is 0.482. The molecule has 0 spiro atoms. The van der Waals surface area contributed by atoms with Crippen molar-refractivity contribution in [2.24, 2.45) is 0 Å². The SMILES string of the molecule is COC(=O)c1cn(C(=O)OCc2ccccc2)c2ccn(C(=O)OC(C)(C)C)c12.[H+]. The molecule has 1 aromatic carbocycles. The second-order valence-electron chi connectivity index (χ2n) is 7.34. The molecule has 3 rings (SSSR count). The van der Waals surface area contributed by atoms with Crippen molar-refractivity contribution in [1.29, 1.82) is 0 Å². The number of rotatable bonds is 3. The molecule has 8 heteroatoms. The van der Waals surface area contributed by atoms with Gasteiger partial charge in [-0.25, -0.2) is 14.4 Å². The Morgan fingerprint density at radius 2 is 1.69 bits per heavy atom. The number of hydrogen-bond donors (Lipinski definition) is 0. The summed E-state index contributed by atoms with van der Waals surface area (Å²) in [7, 11) is 1.22. The fourth-order valence-corrected chi connectivity index (χ4v) is 2.81. The summed E-state index contributed by atoms with van der Waals surface area (Å²) in [6.45, 7) is 5.27. The lowest BCUT2D eigenvalue weighted by molar-refractivity contribution is 0.0544. The van der Waals surface area contributed by atoms with E-state index in [2.05, 4.69) is 0 Å². The van der Waals surface area contributed by atoms with Gasteiger partial charge >= 0.3 is 19.6 Å². The predicted molar refractivity (Wildman–Crippen MR) is 106 cm³/mol. The first kappa shape index (κ1) is 20.2. The van der Waals surface area contributed by atoms with Crippen LogP contribution in [0.5, 0.6) is 0 Å². The van der Waals surface area contributed by atoms with Crippen LogP contribution in [0, 0.1) is 0 Å². The fraction of sp³-hybridized carbons (Fsp3) is 0.286. The smallest absolute Gasteiger partial charge is 0.465 e. The molecule has 0 unspecified atom stereocenters. The summed E-state index contributed by atoms with van der Waals surface area (Å²) in [6.07, 6.45) is 1.38. The number of methoxy groups -OCH3 is 1. The van der Waals surface area contributed by atoms with Gasteiger partial charge in [0.1, 0.15) is 17.8 Å². The summed E-state index contributed by atoms with van der Waals surface area (Å²) in [5.74, 6) is -0.687. The number of nitrogens with zero attached hydrogens (tertiary/aromatic N) is 2. The summed E-state index contributed by atoms with van der Waals surface area (Å²) >= 11 is 0. The summed E-state index contributed by atoms with van der Waals surface area (Å²) in [4.78, 5) is 37.4. The van der Waals surface area contributed by atoms with Crippen LogP contribution < -0.4 is 0 Å². The van der Waals surface area contributed by atoms with Crippen LogP contribution >= 0.6 is 0 Å².